The fourth-order valence-electron chi connectivity index (χ4n) is 2.82. The Morgan fingerprint density at radius 3 is 2.62 bits per heavy atom. The van der Waals surface area contributed by atoms with Gasteiger partial charge in [0.2, 0.25) is 0 Å². The van der Waals surface area contributed by atoms with E-state index in [0.29, 0.717) is 16.5 Å². The molecule has 1 unspecified atom stereocenters. The van der Waals surface area contributed by atoms with E-state index in [0.717, 1.165) is 0 Å². The lowest BCUT2D eigenvalue weighted by atomic mass is 9.83. The molecular formula is C19H26FN3O3. The van der Waals surface area contributed by atoms with Crippen molar-refractivity contribution in [2.45, 2.75) is 39.8 Å². The molecule has 6 nitrogen and oxygen atoms in total. The number of carbonyl (C=O) groups excluding carboxylic acids is 1. The summed E-state index contributed by atoms with van der Waals surface area (Å²) in [7, 11) is 1.22. The average molecular weight is 363 g/mol. The first-order valence-electron chi connectivity index (χ1n) is 8.37. The summed E-state index contributed by atoms with van der Waals surface area (Å²) in [5, 5.41) is 14.1. The van der Waals surface area contributed by atoms with E-state index in [9.17, 15) is 14.3 Å². The lowest BCUT2D eigenvalue weighted by Crippen LogP contribution is -2.51. The van der Waals surface area contributed by atoms with E-state index < -0.39 is 11.8 Å². The van der Waals surface area contributed by atoms with Gasteiger partial charge in [0.1, 0.15) is 5.82 Å². The molecule has 2 atom stereocenters. The van der Waals surface area contributed by atoms with Gasteiger partial charge in [-0.2, -0.15) is 0 Å². The summed E-state index contributed by atoms with van der Waals surface area (Å²) >= 11 is 0. The SMILES string of the molecule is COC(=O)/C(NC(C)[C@@H](N)C(C)(C)C)=C(/O)c1c[nH]c2ccc(F)cc12. The van der Waals surface area contributed by atoms with Gasteiger partial charge in [-0.05, 0) is 30.5 Å². The van der Waals surface area contributed by atoms with Crippen molar-refractivity contribution < 1.29 is 19.0 Å². The summed E-state index contributed by atoms with van der Waals surface area (Å²) < 4.78 is 18.4. The van der Waals surface area contributed by atoms with E-state index in [1.807, 2.05) is 27.7 Å². The molecule has 1 heterocycles. The van der Waals surface area contributed by atoms with Crippen molar-refractivity contribution in [3.05, 3.63) is 41.5 Å². The maximum absolute atomic E-state index is 13.6. The van der Waals surface area contributed by atoms with Gasteiger partial charge in [0, 0.05) is 34.7 Å². The van der Waals surface area contributed by atoms with Crippen molar-refractivity contribution in [2.24, 2.45) is 11.1 Å². The van der Waals surface area contributed by atoms with Gasteiger partial charge >= 0.3 is 5.97 Å². The minimum Gasteiger partial charge on any atom is -0.505 e. The maximum atomic E-state index is 13.6. The Bertz CT molecular complexity index is 836. The Hall–Kier alpha value is -2.54. The number of aromatic nitrogens is 1. The highest BCUT2D eigenvalue weighted by Crippen LogP contribution is 2.27. The number of esters is 1. The number of halogens is 1. The first-order valence-corrected chi connectivity index (χ1v) is 8.37. The fraction of sp³-hybridized carbons (Fsp3) is 0.421. The fourth-order valence-corrected chi connectivity index (χ4v) is 2.82. The van der Waals surface area contributed by atoms with Crippen LogP contribution in [0.15, 0.2) is 30.1 Å². The number of H-pyrrole nitrogens is 1. The summed E-state index contributed by atoms with van der Waals surface area (Å²) in [6, 6.07) is 3.54. The van der Waals surface area contributed by atoms with Crippen LogP contribution in [0.3, 0.4) is 0 Å². The third-order valence-electron chi connectivity index (χ3n) is 4.44. The highest BCUT2D eigenvalue weighted by molar-refractivity contribution is 6.00. The summed E-state index contributed by atoms with van der Waals surface area (Å²) in [5.74, 6) is -1.51. The summed E-state index contributed by atoms with van der Waals surface area (Å²) in [6.45, 7) is 7.78. The van der Waals surface area contributed by atoms with Crippen LogP contribution >= 0.6 is 0 Å². The number of hydrogen-bond donors (Lipinski definition) is 4. The second-order valence-corrected chi connectivity index (χ2v) is 7.43. The molecule has 0 saturated heterocycles. The second-order valence-electron chi connectivity index (χ2n) is 7.43. The molecular weight excluding hydrogens is 337 g/mol. The van der Waals surface area contributed by atoms with Crippen molar-refractivity contribution in [3.8, 4) is 0 Å². The number of nitrogens with one attached hydrogen (secondary N) is 2. The largest absolute Gasteiger partial charge is 0.505 e. The molecule has 2 rings (SSSR count). The Kier molecular flexibility index (Phi) is 5.61. The van der Waals surface area contributed by atoms with E-state index in [2.05, 4.69) is 10.3 Å². The van der Waals surface area contributed by atoms with Gasteiger partial charge in [0.05, 0.1) is 7.11 Å². The van der Waals surface area contributed by atoms with Gasteiger partial charge in [0.25, 0.3) is 0 Å². The zero-order chi connectivity index (χ0) is 19.6. The number of ether oxygens (including phenoxy) is 1. The van der Waals surface area contributed by atoms with Crippen molar-refractivity contribution in [1.29, 1.82) is 0 Å². The molecule has 0 spiro atoms. The lowest BCUT2D eigenvalue weighted by molar-refractivity contribution is -0.136. The van der Waals surface area contributed by atoms with E-state index in [-0.39, 0.29) is 29.0 Å². The molecule has 0 radical (unpaired) electrons. The molecule has 0 saturated carbocycles. The molecule has 1 aromatic carbocycles. The zero-order valence-electron chi connectivity index (χ0n) is 15.7. The molecule has 0 amide bonds. The van der Waals surface area contributed by atoms with Gasteiger partial charge in [-0.1, -0.05) is 20.8 Å². The number of nitrogens with two attached hydrogens (primary N) is 1. The molecule has 7 heteroatoms. The minimum atomic E-state index is -0.735. The maximum Gasteiger partial charge on any atom is 0.358 e. The zero-order valence-corrected chi connectivity index (χ0v) is 15.7. The van der Waals surface area contributed by atoms with Gasteiger partial charge in [-0.25, -0.2) is 9.18 Å². The molecule has 5 N–H and O–H groups in total. The van der Waals surface area contributed by atoms with Gasteiger partial charge < -0.3 is 25.9 Å². The third kappa shape index (κ3) is 3.99. The molecule has 0 aliphatic heterocycles. The van der Waals surface area contributed by atoms with E-state index >= 15 is 0 Å². The number of rotatable bonds is 5. The molecule has 1 aromatic heterocycles. The number of fused-ring (bicyclic) bond motifs is 1. The van der Waals surface area contributed by atoms with E-state index in [4.69, 9.17) is 10.5 Å². The van der Waals surface area contributed by atoms with Gasteiger partial charge in [0.15, 0.2) is 11.5 Å². The smallest absolute Gasteiger partial charge is 0.358 e. The monoisotopic (exact) mass is 363 g/mol. The molecule has 2 aromatic rings. The minimum absolute atomic E-state index is 0.120. The molecule has 142 valence electrons. The number of aliphatic hydroxyl groups excluding tert-OH is 1. The van der Waals surface area contributed by atoms with Crippen LogP contribution in [0.1, 0.15) is 33.3 Å². The molecule has 0 aliphatic rings. The van der Waals surface area contributed by atoms with E-state index in [1.165, 1.54) is 25.4 Å². The first kappa shape index (κ1) is 19.8. The van der Waals surface area contributed by atoms with Crippen LogP contribution in [0.25, 0.3) is 16.7 Å². The van der Waals surface area contributed by atoms with Crippen LogP contribution < -0.4 is 11.1 Å². The van der Waals surface area contributed by atoms with Gasteiger partial charge in [-0.15, -0.1) is 0 Å². The molecule has 0 aliphatic carbocycles. The van der Waals surface area contributed by atoms with Crippen molar-refractivity contribution >= 4 is 22.6 Å². The number of hydrogen-bond acceptors (Lipinski definition) is 5. The summed E-state index contributed by atoms with van der Waals surface area (Å²) in [4.78, 5) is 15.2. The number of aromatic amines is 1. The van der Waals surface area contributed by atoms with Crippen LogP contribution in [0, 0.1) is 11.2 Å². The molecule has 0 fully saturated rings. The van der Waals surface area contributed by atoms with Crippen LogP contribution in [0.2, 0.25) is 0 Å². The topological polar surface area (TPSA) is 100 Å². The van der Waals surface area contributed by atoms with Crippen molar-refractivity contribution in [1.82, 2.24) is 10.3 Å². The molecule has 0 bridgehead atoms. The Balaban J connectivity index is 2.50. The Morgan fingerprint density at radius 2 is 2.04 bits per heavy atom. The van der Waals surface area contributed by atoms with Crippen LogP contribution in [-0.4, -0.2) is 35.3 Å². The average Bonchev–Trinajstić information content (AvgIpc) is 2.99. The standard InChI is InChI=1S/C19H26FN3O3/c1-10(17(21)19(2,3)4)23-15(18(25)26-5)16(24)13-9-22-14-7-6-11(20)8-12(13)14/h6-10,17,22-24H,21H2,1-5H3/b16-15-/t10?,17-/m1/s1. The Morgan fingerprint density at radius 1 is 1.38 bits per heavy atom. The quantitative estimate of drug-likeness (QED) is 0.372. The number of methoxy groups -OCH3 is 1. The lowest BCUT2D eigenvalue weighted by Gasteiger charge is -2.33. The Labute approximate surface area is 152 Å². The highest BCUT2D eigenvalue weighted by Gasteiger charge is 2.29. The predicted octanol–water partition coefficient (Wildman–Crippen LogP) is 3.06. The molecule has 26 heavy (non-hydrogen) atoms. The van der Waals surface area contributed by atoms with Crippen LogP contribution in [0.4, 0.5) is 4.39 Å². The number of carbonyl (C=O) groups is 1. The summed E-state index contributed by atoms with van der Waals surface area (Å²) in [5.41, 5.74) is 6.83. The highest BCUT2D eigenvalue weighted by atomic mass is 19.1. The van der Waals surface area contributed by atoms with Gasteiger partial charge in [-0.3, -0.25) is 0 Å². The van der Waals surface area contributed by atoms with Crippen LogP contribution in [0.5, 0.6) is 0 Å². The third-order valence-corrected chi connectivity index (χ3v) is 4.44. The number of benzene rings is 1. The predicted molar refractivity (Wildman–Crippen MR) is 99.8 cm³/mol. The second kappa shape index (κ2) is 7.37. The van der Waals surface area contributed by atoms with Crippen molar-refractivity contribution in [3.63, 3.8) is 0 Å². The summed E-state index contributed by atoms with van der Waals surface area (Å²) in [6.07, 6.45) is 1.51. The normalized spacial score (nSPS) is 15.3. The van der Waals surface area contributed by atoms with E-state index in [1.54, 1.807) is 6.07 Å². The van der Waals surface area contributed by atoms with Crippen LogP contribution in [-0.2, 0) is 9.53 Å². The first-order chi connectivity index (χ1) is 12.1. The number of aliphatic hydroxyl groups is 1. The van der Waals surface area contributed by atoms with Crippen molar-refractivity contribution in [2.75, 3.05) is 7.11 Å².